The molecule has 31 heavy (non-hydrogen) atoms. The van der Waals surface area contributed by atoms with Crippen molar-refractivity contribution >= 4 is 16.1 Å². The Kier molecular flexibility index (Phi) is 9.03. The van der Waals surface area contributed by atoms with Crippen molar-refractivity contribution < 1.29 is 23.4 Å². The second-order valence-corrected chi connectivity index (χ2v) is 9.68. The summed E-state index contributed by atoms with van der Waals surface area (Å²) >= 11 is 0. The zero-order chi connectivity index (χ0) is 22.9. The summed E-state index contributed by atoms with van der Waals surface area (Å²) in [6, 6.07) is 17.1. The Bertz CT molecular complexity index is 921. The highest BCUT2D eigenvalue weighted by Gasteiger charge is 2.42. The van der Waals surface area contributed by atoms with Crippen LogP contribution < -0.4 is 5.32 Å². The summed E-state index contributed by atoms with van der Waals surface area (Å²) < 4.78 is 28.3. The molecule has 3 N–H and O–H groups in total. The SMILES string of the molecule is CCC(C)CCN(C(O)(CCNC(=O)O)Cc1ccccc1)S(=O)(=O)c1ccccc1. The molecular weight excluding hydrogens is 416 g/mol. The normalized spacial score (nSPS) is 14.7. The lowest BCUT2D eigenvalue weighted by Gasteiger charge is -2.39. The molecule has 0 saturated heterocycles. The van der Waals surface area contributed by atoms with Crippen LogP contribution in [0.25, 0.3) is 0 Å². The van der Waals surface area contributed by atoms with Gasteiger partial charge in [0.15, 0.2) is 0 Å². The molecule has 0 radical (unpaired) electrons. The Balaban J connectivity index is 2.48. The lowest BCUT2D eigenvalue weighted by molar-refractivity contribution is -0.0677. The van der Waals surface area contributed by atoms with E-state index in [2.05, 4.69) is 5.32 Å². The third-order valence-corrected chi connectivity index (χ3v) is 7.42. The molecule has 0 bridgehead atoms. The van der Waals surface area contributed by atoms with Crippen molar-refractivity contribution in [1.82, 2.24) is 9.62 Å². The molecule has 0 heterocycles. The van der Waals surface area contributed by atoms with Crippen LogP contribution in [0.5, 0.6) is 0 Å². The fourth-order valence-corrected chi connectivity index (χ4v) is 5.11. The molecule has 8 heteroatoms. The molecule has 0 aromatic heterocycles. The van der Waals surface area contributed by atoms with Crippen molar-refractivity contribution in [2.75, 3.05) is 13.1 Å². The maximum absolute atomic E-state index is 13.6. The van der Waals surface area contributed by atoms with Crippen LogP contribution >= 0.6 is 0 Å². The third kappa shape index (κ3) is 7.05. The second kappa shape index (κ2) is 11.3. The van der Waals surface area contributed by atoms with E-state index in [0.717, 1.165) is 16.3 Å². The summed E-state index contributed by atoms with van der Waals surface area (Å²) in [5.41, 5.74) is -1.04. The van der Waals surface area contributed by atoms with Crippen molar-refractivity contribution in [3.8, 4) is 0 Å². The van der Waals surface area contributed by atoms with Crippen LogP contribution in [0.1, 0.15) is 38.7 Å². The van der Waals surface area contributed by atoms with Gasteiger partial charge in [0.25, 0.3) is 0 Å². The summed E-state index contributed by atoms with van der Waals surface area (Å²) in [7, 11) is -4.03. The first-order chi connectivity index (χ1) is 14.7. The molecule has 2 atom stereocenters. The molecule has 0 fully saturated rings. The number of nitrogens with zero attached hydrogens (tertiary/aromatic N) is 1. The van der Waals surface area contributed by atoms with E-state index in [1.54, 1.807) is 18.2 Å². The number of carbonyl (C=O) groups is 1. The van der Waals surface area contributed by atoms with Crippen LogP contribution in [0.4, 0.5) is 4.79 Å². The number of rotatable bonds is 12. The first kappa shape index (κ1) is 24.8. The van der Waals surface area contributed by atoms with E-state index in [1.807, 2.05) is 44.2 Å². The van der Waals surface area contributed by atoms with E-state index in [-0.39, 0.29) is 36.7 Å². The maximum Gasteiger partial charge on any atom is 0.404 e. The van der Waals surface area contributed by atoms with Gasteiger partial charge in [0.2, 0.25) is 10.0 Å². The number of aliphatic hydroxyl groups is 1. The van der Waals surface area contributed by atoms with Gasteiger partial charge in [-0.3, -0.25) is 0 Å². The number of hydrogen-bond donors (Lipinski definition) is 3. The highest BCUT2D eigenvalue weighted by molar-refractivity contribution is 7.89. The van der Waals surface area contributed by atoms with E-state index in [0.29, 0.717) is 6.42 Å². The molecule has 2 aromatic carbocycles. The van der Waals surface area contributed by atoms with Gasteiger partial charge in [0.05, 0.1) is 4.90 Å². The molecular formula is C23H32N2O5S. The first-order valence-corrected chi connectivity index (χ1v) is 11.9. The van der Waals surface area contributed by atoms with Gasteiger partial charge >= 0.3 is 6.09 Å². The molecule has 170 valence electrons. The fraction of sp³-hybridized carbons (Fsp3) is 0.435. The average molecular weight is 449 g/mol. The van der Waals surface area contributed by atoms with Gasteiger partial charge in [-0.25, -0.2) is 13.2 Å². The summed E-state index contributed by atoms with van der Waals surface area (Å²) in [6.07, 6.45) is 0.199. The highest BCUT2D eigenvalue weighted by Crippen LogP contribution is 2.30. The second-order valence-electron chi connectivity index (χ2n) is 7.82. The lowest BCUT2D eigenvalue weighted by atomic mass is 9.98. The molecule has 0 aliphatic carbocycles. The van der Waals surface area contributed by atoms with Crippen molar-refractivity contribution in [2.45, 2.75) is 50.2 Å². The molecule has 0 spiro atoms. The van der Waals surface area contributed by atoms with Crippen LogP contribution in [0.15, 0.2) is 65.6 Å². The average Bonchev–Trinajstić information content (AvgIpc) is 2.74. The zero-order valence-electron chi connectivity index (χ0n) is 18.1. The lowest BCUT2D eigenvalue weighted by Crippen LogP contribution is -2.55. The smallest absolute Gasteiger partial charge is 0.404 e. The number of sulfonamides is 1. The molecule has 0 saturated carbocycles. The number of hydrogen-bond acceptors (Lipinski definition) is 4. The standard InChI is InChI=1S/C23H32N2O5S/c1-3-19(2)14-17-25(31(29,30)21-12-8-5-9-13-21)23(28,15-16-24-22(26)27)18-20-10-6-4-7-11-20/h4-13,19,24,28H,3,14-18H2,1-2H3,(H,26,27). The highest BCUT2D eigenvalue weighted by atomic mass is 32.2. The Labute approximate surface area is 184 Å². The minimum absolute atomic E-state index is 0.0434. The Morgan fingerprint density at radius 2 is 1.68 bits per heavy atom. The molecule has 2 rings (SSSR count). The van der Waals surface area contributed by atoms with E-state index in [4.69, 9.17) is 5.11 Å². The summed E-state index contributed by atoms with van der Waals surface area (Å²) in [6.45, 7) is 4.12. The Hall–Kier alpha value is -2.42. The summed E-state index contributed by atoms with van der Waals surface area (Å²) in [5, 5.41) is 22.9. The molecule has 1 amide bonds. The monoisotopic (exact) mass is 448 g/mol. The molecule has 0 aliphatic rings. The minimum Gasteiger partial charge on any atom is -0.465 e. The quantitative estimate of drug-likeness (QED) is 0.429. The molecule has 2 aromatic rings. The van der Waals surface area contributed by atoms with E-state index < -0.39 is 21.8 Å². The fourth-order valence-electron chi connectivity index (χ4n) is 3.41. The number of nitrogens with one attached hydrogen (secondary N) is 1. The van der Waals surface area contributed by atoms with Gasteiger partial charge in [-0.1, -0.05) is 68.8 Å². The van der Waals surface area contributed by atoms with Crippen LogP contribution in [-0.2, 0) is 16.4 Å². The van der Waals surface area contributed by atoms with Crippen molar-refractivity contribution in [3.63, 3.8) is 0 Å². The number of carboxylic acid groups (broad SMARTS) is 1. The van der Waals surface area contributed by atoms with E-state index in [1.165, 1.54) is 12.1 Å². The summed E-state index contributed by atoms with van der Waals surface area (Å²) in [4.78, 5) is 11.1. The van der Waals surface area contributed by atoms with Gasteiger partial charge in [-0.05, 0) is 30.0 Å². The Morgan fingerprint density at radius 3 is 2.23 bits per heavy atom. The van der Waals surface area contributed by atoms with Gasteiger partial charge in [0.1, 0.15) is 5.72 Å². The molecule has 0 aliphatic heterocycles. The molecule has 7 nitrogen and oxygen atoms in total. The van der Waals surface area contributed by atoms with Crippen molar-refractivity contribution in [2.24, 2.45) is 5.92 Å². The van der Waals surface area contributed by atoms with Gasteiger partial charge in [-0.15, -0.1) is 0 Å². The van der Waals surface area contributed by atoms with Crippen LogP contribution in [0, 0.1) is 5.92 Å². The predicted octanol–water partition coefficient (Wildman–Crippen LogP) is 3.70. The van der Waals surface area contributed by atoms with Crippen molar-refractivity contribution in [1.29, 1.82) is 0 Å². The van der Waals surface area contributed by atoms with Crippen molar-refractivity contribution in [3.05, 3.63) is 66.2 Å². The van der Waals surface area contributed by atoms with Crippen LogP contribution in [0.3, 0.4) is 0 Å². The van der Waals surface area contributed by atoms with E-state index >= 15 is 0 Å². The van der Waals surface area contributed by atoms with Gasteiger partial charge in [0, 0.05) is 25.9 Å². The molecule has 2 unspecified atom stereocenters. The first-order valence-electron chi connectivity index (χ1n) is 10.5. The van der Waals surface area contributed by atoms with Crippen LogP contribution in [-0.4, -0.2) is 47.8 Å². The maximum atomic E-state index is 13.6. The number of benzene rings is 2. The predicted molar refractivity (Wildman–Crippen MR) is 120 cm³/mol. The summed E-state index contributed by atoms with van der Waals surface area (Å²) in [5.74, 6) is 0.270. The minimum atomic E-state index is -4.03. The van der Waals surface area contributed by atoms with Gasteiger partial charge in [-0.2, -0.15) is 4.31 Å². The van der Waals surface area contributed by atoms with Crippen LogP contribution in [0.2, 0.25) is 0 Å². The third-order valence-electron chi connectivity index (χ3n) is 5.45. The Morgan fingerprint density at radius 1 is 1.10 bits per heavy atom. The van der Waals surface area contributed by atoms with E-state index in [9.17, 15) is 18.3 Å². The number of amides is 1. The topological polar surface area (TPSA) is 107 Å². The largest absolute Gasteiger partial charge is 0.465 e. The van der Waals surface area contributed by atoms with Gasteiger partial charge < -0.3 is 15.5 Å². The zero-order valence-corrected chi connectivity index (χ0v) is 18.9.